The molecule has 146 valence electrons. The van der Waals surface area contributed by atoms with Crippen molar-refractivity contribution in [3.63, 3.8) is 0 Å². The molecule has 0 saturated heterocycles. The Labute approximate surface area is 169 Å². The molecule has 0 unspecified atom stereocenters. The van der Waals surface area contributed by atoms with E-state index in [4.69, 9.17) is 4.98 Å². The third-order valence-electron chi connectivity index (χ3n) is 4.77. The van der Waals surface area contributed by atoms with Crippen LogP contribution >= 0.6 is 11.8 Å². The van der Waals surface area contributed by atoms with Gasteiger partial charge in [0.1, 0.15) is 0 Å². The van der Waals surface area contributed by atoms with E-state index in [1.165, 1.54) is 4.90 Å². The van der Waals surface area contributed by atoms with Crippen LogP contribution in [0.5, 0.6) is 0 Å². The van der Waals surface area contributed by atoms with Gasteiger partial charge in [0, 0.05) is 21.7 Å². The van der Waals surface area contributed by atoms with Crippen molar-refractivity contribution in [3.8, 4) is 11.1 Å². The summed E-state index contributed by atoms with van der Waals surface area (Å²) in [5, 5.41) is 10.3. The van der Waals surface area contributed by atoms with Crippen LogP contribution in [0.3, 0.4) is 0 Å². The van der Waals surface area contributed by atoms with Gasteiger partial charge in [0.15, 0.2) is 0 Å². The Bertz CT molecular complexity index is 776. The van der Waals surface area contributed by atoms with Gasteiger partial charge in [-0.2, -0.15) is 0 Å². The molecule has 27 heavy (non-hydrogen) atoms. The van der Waals surface area contributed by atoms with Crippen molar-refractivity contribution in [3.05, 3.63) is 52.9 Å². The number of aliphatic hydroxyl groups is 1. The van der Waals surface area contributed by atoms with Crippen molar-refractivity contribution in [2.45, 2.75) is 70.8 Å². The zero-order valence-corrected chi connectivity index (χ0v) is 18.4. The van der Waals surface area contributed by atoms with Gasteiger partial charge in [0.2, 0.25) is 0 Å². The van der Waals surface area contributed by atoms with Gasteiger partial charge in [-0.15, -0.1) is 11.8 Å². The van der Waals surface area contributed by atoms with Gasteiger partial charge in [-0.1, -0.05) is 65.3 Å². The summed E-state index contributed by atoms with van der Waals surface area (Å²) in [5.41, 5.74) is 6.54. The molecule has 0 spiro atoms. The Morgan fingerprint density at radius 2 is 1.67 bits per heavy atom. The second-order valence-electron chi connectivity index (χ2n) is 7.54. The monoisotopic (exact) mass is 383 g/mol. The predicted molar refractivity (Wildman–Crippen MR) is 119 cm³/mol. The highest BCUT2D eigenvalue weighted by molar-refractivity contribution is 7.98. The Hall–Kier alpha value is -1.58. The molecule has 1 aromatic heterocycles. The maximum atomic E-state index is 10.3. The summed E-state index contributed by atoms with van der Waals surface area (Å²) in [6.07, 6.45) is 8.71. The number of hydrogen-bond donors (Lipinski definition) is 1. The molecular formula is C24H33NOS. The molecule has 2 rings (SSSR count). The van der Waals surface area contributed by atoms with Crippen LogP contribution in [-0.4, -0.2) is 16.3 Å². The van der Waals surface area contributed by atoms with Crippen molar-refractivity contribution in [1.29, 1.82) is 0 Å². The summed E-state index contributed by atoms with van der Waals surface area (Å²) in [4.78, 5) is 6.27. The summed E-state index contributed by atoms with van der Waals surface area (Å²) >= 11 is 1.74. The number of aliphatic hydroxyl groups excluding tert-OH is 1. The number of benzene rings is 1. The van der Waals surface area contributed by atoms with E-state index in [1.807, 2.05) is 0 Å². The van der Waals surface area contributed by atoms with Crippen LogP contribution in [0.2, 0.25) is 0 Å². The Balaban J connectivity index is 2.84. The molecule has 1 aromatic carbocycles. The Kier molecular flexibility index (Phi) is 8.12. The fourth-order valence-electron chi connectivity index (χ4n) is 3.38. The minimum Gasteiger partial charge on any atom is -0.392 e. The Morgan fingerprint density at radius 3 is 2.15 bits per heavy atom. The molecule has 0 saturated carbocycles. The number of thioether (sulfide) groups is 1. The smallest absolute Gasteiger partial charge is 0.0706 e. The quantitative estimate of drug-likeness (QED) is 0.497. The largest absolute Gasteiger partial charge is 0.392 e. The second-order valence-corrected chi connectivity index (χ2v) is 8.42. The highest BCUT2D eigenvalue weighted by Gasteiger charge is 2.22. The number of pyridine rings is 1. The fraction of sp³-hybridized carbons (Fsp3) is 0.458. The summed E-state index contributed by atoms with van der Waals surface area (Å²) in [6.45, 7) is 10.9. The third-order valence-corrected chi connectivity index (χ3v) is 5.51. The molecule has 1 N–H and O–H groups in total. The fourth-order valence-corrected chi connectivity index (χ4v) is 3.79. The third kappa shape index (κ3) is 5.03. The highest BCUT2D eigenvalue weighted by atomic mass is 32.2. The molecule has 0 fully saturated rings. The van der Waals surface area contributed by atoms with E-state index in [2.05, 4.69) is 77.3 Å². The molecule has 0 aliphatic carbocycles. The normalized spacial score (nSPS) is 11.9. The molecular weight excluding hydrogens is 350 g/mol. The average molecular weight is 384 g/mol. The van der Waals surface area contributed by atoms with Gasteiger partial charge in [0.05, 0.1) is 12.3 Å². The van der Waals surface area contributed by atoms with Crippen LogP contribution < -0.4 is 0 Å². The summed E-state index contributed by atoms with van der Waals surface area (Å²) in [6, 6.07) is 8.66. The first-order valence-corrected chi connectivity index (χ1v) is 11.1. The van der Waals surface area contributed by atoms with Crippen molar-refractivity contribution < 1.29 is 5.11 Å². The molecule has 3 heteroatoms. The van der Waals surface area contributed by atoms with Crippen molar-refractivity contribution in [2.24, 2.45) is 0 Å². The van der Waals surface area contributed by atoms with Gasteiger partial charge in [-0.25, -0.2) is 0 Å². The van der Waals surface area contributed by atoms with Crippen LogP contribution in [0.1, 0.15) is 81.8 Å². The lowest BCUT2D eigenvalue weighted by Gasteiger charge is -2.23. The van der Waals surface area contributed by atoms with Crippen molar-refractivity contribution >= 4 is 17.8 Å². The van der Waals surface area contributed by atoms with Crippen LogP contribution in [-0.2, 0) is 6.61 Å². The van der Waals surface area contributed by atoms with E-state index in [9.17, 15) is 5.11 Å². The SMILES string of the molecule is CCC/C=C/c1c(C(C)C)nc(C(C)C)c(CO)c1-c1ccc(SC)cc1. The number of hydrogen-bond acceptors (Lipinski definition) is 3. The first-order chi connectivity index (χ1) is 12.9. The maximum absolute atomic E-state index is 10.3. The number of allylic oxidation sites excluding steroid dienone is 1. The number of rotatable bonds is 8. The van der Waals surface area contributed by atoms with E-state index in [-0.39, 0.29) is 12.5 Å². The zero-order valence-electron chi connectivity index (χ0n) is 17.5. The van der Waals surface area contributed by atoms with Gasteiger partial charge in [-0.05, 0) is 47.8 Å². The summed E-state index contributed by atoms with van der Waals surface area (Å²) in [7, 11) is 0. The standard InChI is InChI=1S/C24H33NOS/c1-7-8-9-10-20-22(18-11-13-19(27-6)14-12-18)21(15-26)24(17(4)5)25-23(20)16(2)3/h9-14,16-17,26H,7-8,15H2,1-6H3/b10-9+. The van der Waals surface area contributed by atoms with Crippen LogP contribution in [0.15, 0.2) is 35.2 Å². The van der Waals surface area contributed by atoms with Crippen LogP contribution in [0.4, 0.5) is 0 Å². The number of nitrogens with zero attached hydrogens (tertiary/aromatic N) is 1. The Morgan fingerprint density at radius 1 is 1.04 bits per heavy atom. The molecule has 0 bridgehead atoms. The second kappa shape index (κ2) is 10.1. The lowest BCUT2D eigenvalue weighted by atomic mass is 9.87. The first-order valence-electron chi connectivity index (χ1n) is 9.92. The van der Waals surface area contributed by atoms with E-state index >= 15 is 0 Å². The first kappa shape index (κ1) is 21.7. The number of unbranched alkanes of at least 4 members (excludes halogenated alkanes) is 1. The average Bonchev–Trinajstić information content (AvgIpc) is 2.67. The van der Waals surface area contributed by atoms with Crippen molar-refractivity contribution in [2.75, 3.05) is 6.26 Å². The maximum Gasteiger partial charge on any atom is 0.0706 e. The molecule has 0 atom stereocenters. The molecule has 0 radical (unpaired) electrons. The molecule has 2 nitrogen and oxygen atoms in total. The van der Waals surface area contributed by atoms with Gasteiger partial charge in [0.25, 0.3) is 0 Å². The van der Waals surface area contributed by atoms with E-state index in [1.54, 1.807) is 11.8 Å². The summed E-state index contributed by atoms with van der Waals surface area (Å²) in [5.74, 6) is 0.586. The van der Waals surface area contributed by atoms with Gasteiger partial charge < -0.3 is 5.11 Å². The lowest BCUT2D eigenvalue weighted by molar-refractivity contribution is 0.280. The van der Waals surface area contributed by atoms with Gasteiger partial charge in [-0.3, -0.25) is 4.98 Å². The van der Waals surface area contributed by atoms with Crippen LogP contribution in [0, 0.1) is 0 Å². The molecule has 0 aliphatic heterocycles. The predicted octanol–water partition coefficient (Wildman–Crippen LogP) is 7.02. The minimum atomic E-state index is 0.00706. The molecule has 2 aromatic rings. The number of aromatic nitrogens is 1. The molecule has 0 aliphatic rings. The van der Waals surface area contributed by atoms with E-state index in [0.717, 1.165) is 46.5 Å². The zero-order chi connectivity index (χ0) is 20.0. The van der Waals surface area contributed by atoms with Crippen LogP contribution in [0.25, 0.3) is 17.2 Å². The topological polar surface area (TPSA) is 33.1 Å². The highest BCUT2D eigenvalue weighted by Crippen LogP contribution is 2.38. The molecule has 1 heterocycles. The lowest BCUT2D eigenvalue weighted by Crippen LogP contribution is -2.10. The molecule has 0 amide bonds. The van der Waals surface area contributed by atoms with E-state index in [0.29, 0.717) is 5.92 Å². The van der Waals surface area contributed by atoms with Crippen molar-refractivity contribution in [1.82, 2.24) is 4.98 Å². The van der Waals surface area contributed by atoms with E-state index < -0.39 is 0 Å². The van der Waals surface area contributed by atoms with Gasteiger partial charge >= 0.3 is 0 Å². The summed E-state index contributed by atoms with van der Waals surface area (Å²) < 4.78 is 0. The minimum absolute atomic E-state index is 0.00706.